The summed E-state index contributed by atoms with van der Waals surface area (Å²) in [6.07, 6.45) is 8.16. The minimum atomic E-state index is 0.830. The van der Waals surface area contributed by atoms with Crippen LogP contribution in [0.4, 0.5) is 0 Å². The number of hydrogen-bond donors (Lipinski definition) is 1. The average molecular weight is 140 g/mol. The maximum atomic E-state index is 3.97. The van der Waals surface area contributed by atoms with Crippen molar-refractivity contribution in [3.8, 4) is 0 Å². The van der Waals surface area contributed by atoms with Crippen LogP contribution in [0.2, 0.25) is 0 Å². The van der Waals surface area contributed by atoms with Crippen LogP contribution in [0.15, 0.2) is 17.3 Å². The minimum absolute atomic E-state index is 0.830. The van der Waals surface area contributed by atoms with Crippen LogP contribution in [-0.2, 0) is 0 Å². The van der Waals surface area contributed by atoms with Gasteiger partial charge in [0.05, 0.1) is 6.54 Å². The highest BCUT2D eigenvalue weighted by Gasteiger charge is 1.72. The van der Waals surface area contributed by atoms with Gasteiger partial charge in [0.2, 0.25) is 0 Å². The van der Waals surface area contributed by atoms with Crippen LogP contribution in [0.3, 0.4) is 0 Å². The van der Waals surface area contributed by atoms with Gasteiger partial charge in [0, 0.05) is 6.21 Å². The number of nitrogens with one attached hydrogen (secondary N) is 1. The molecule has 0 radical (unpaired) electrons. The van der Waals surface area contributed by atoms with Crippen molar-refractivity contribution in [2.75, 3.05) is 6.54 Å². The molecule has 1 N–H and O–H groups in total. The first-order valence-corrected chi connectivity index (χ1v) is 3.77. The van der Waals surface area contributed by atoms with Crippen molar-refractivity contribution in [1.82, 2.24) is 5.43 Å². The van der Waals surface area contributed by atoms with Gasteiger partial charge in [-0.2, -0.15) is 5.10 Å². The topological polar surface area (TPSA) is 24.4 Å². The molecule has 2 heteroatoms. The molecule has 0 amide bonds. The predicted molar refractivity (Wildman–Crippen MR) is 46.2 cm³/mol. The van der Waals surface area contributed by atoms with Crippen LogP contribution in [0.25, 0.3) is 0 Å². The Hall–Kier alpha value is -0.790. The molecule has 0 saturated carbocycles. The van der Waals surface area contributed by atoms with Crippen LogP contribution in [-0.4, -0.2) is 12.8 Å². The number of unbranched alkanes of at least 4 members (excludes halogenated alkanes) is 1. The Bertz CT molecular complexity index is 106. The highest BCUT2D eigenvalue weighted by Crippen LogP contribution is 1.78. The number of nitrogens with zero attached hydrogens (tertiary/aromatic N) is 1. The highest BCUT2D eigenvalue weighted by atomic mass is 15.3. The molecule has 0 atom stereocenters. The van der Waals surface area contributed by atoms with E-state index in [-0.39, 0.29) is 0 Å². The molecule has 0 aliphatic carbocycles. The Morgan fingerprint density at radius 1 is 1.50 bits per heavy atom. The normalized spacial score (nSPS) is 11.4. The second-order valence-electron chi connectivity index (χ2n) is 2.03. The largest absolute Gasteiger partial charge is 0.307 e. The van der Waals surface area contributed by atoms with E-state index in [1.165, 1.54) is 0 Å². The summed E-state index contributed by atoms with van der Waals surface area (Å²) in [6, 6.07) is 0. The predicted octanol–water partition coefficient (Wildman–Crippen LogP) is 1.94. The molecule has 0 saturated heterocycles. The van der Waals surface area contributed by atoms with E-state index in [2.05, 4.69) is 17.5 Å². The molecule has 0 bridgehead atoms. The van der Waals surface area contributed by atoms with Gasteiger partial charge in [0.15, 0.2) is 0 Å². The summed E-state index contributed by atoms with van der Waals surface area (Å²) in [5, 5.41) is 3.97. The van der Waals surface area contributed by atoms with E-state index < -0.39 is 0 Å². The van der Waals surface area contributed by atoms with Crippen molar-refractivity contribution in [2.24, 2.45) is 5.10 Å². The van der Waals surface area contributed by atoms with E-state index in [0.29, 0.717) is 0 Å². The van der Waals surface area contributed by atoms with Crippen LogP contribution in [0.5, 0.6) is 0 Å². The number of hydrogen-bond acceptors (Lipinski definition) is 2. The lowest BCUT2D eigenvalue weighted by Crippen LogP contribution is -2.04. The van der Waals surface area contributed by atoms with Crippen molar-refractivity contribution in [2.45, 2.75) is 26.7 Å². The molecule has 58 valence electrons. The molecule has 0 unspecified atom stereocenters. The van der Waals surface area contributed by atoms with E-state index in [1.807, 2.05) is 25.3 Å². The van der Waals surface area contributed by atoms with Gasteiger partial charge in [0.25, 0.3) is 0 Å². The molecular formula is C8H16N2. The Labute approximate surface area is 63.0 Å². The van der Waals surface area contributed by atoms with Gasteiger partial charge in [-0.25, -0.2) is 0 Å². The number of hydrazone groups is 1. The summed E-state index contributed by atoms with van der Waals surface area (Å²) in [5.41, 5.74) is 2.90. The lowest BCUT2D eigenvalue weighted by Gasteiger charge is -1.91. The van der Waals surface area contributed by atoms with Crippen LogP contribution in [0.1, 0.15) is 26.7 Å². The fraction of sp³-hybridized carbons (Fsp3) is 0.625. The van der Waals surface area contributed by atoms with Crippen molar-refractivity contribution >= 4 is 6.21 Å². The molecule has 0 aromatic rings. The quantitative estimate of drug-likeness (QED) is 0.268. The molecule has 2 nitrogen and oxygen atoms in total. The summed E-state index contributed by atoms with van der Waals surface area (Å²) in [6.45, 7) is 4.96. The molecule has 0 aliphatic rings. The smallest absolute Gasteiger partial charge is 0.0510 e. The SMILES string of the molecule is C/C=C/CN/N=C\CCC. The summed E-state index contributed by atoms with van der Waals surface area (Å²) < 4.78 is 0. The molecule has 0 fully saturated rings. The van der Waals surface area contributed by atoms with Crippen molar-refractivity contribution in [1.29, 1.82) is 0 Å². The van der Waals surface area contributed by atoms with E-state index in [9.17, 15) is 0 Å². The number of allylic oxidation sites excluding steroid dienone is 1. The summed E-state index contributed by atoms with van der Waals surface area (Å²) in [7, 11) is 0. The Balaban J connectivity index is 3.02. The molecule has 0 spiro atoms. The van der Waals surface area contributed by atoms with Gasteiger partial charge in [-0.3, -0.25) is 0 Å². The molecule has 0 rings (SSSR count). The third kappa shape index (κ3) is 7.21. The Morgan fingerprint density at radius 2 is 2.30 bits per heavy atom. The Kier molecular flexibility index (Phi) is 7.56. The van der Waals surface area contributed by atoms with Crippen molar-refractivity contribution in [3.05, 3.63) is 12.2 Å². The molecular weight excluding hydrogens is 124 g/mol. The first kappa shape index (κ1) is 9.21. The average Bonchev–Trinajstić information content (AvgIpc) is 1.97. The standard InChI is InChI=1S/C8H16N2/c1-3-5-7-9-10-8-6-4-2/h3,5,8-9H,4,6-7H2,1-2H3/b5-3+,10-8-. The van der Waals surface area contributed by atoms with Crippen LogP contribution >= 0.6 is 0 Å². The zero-order valence-corrected chi connectivity index (χ0v) is 6.80. The highest BCUT2D eigenvalue weighted by molar-refractivity contribution is 5.56. The second kappa shape index (κ2) is 8.21. The van der Waals surface area contributed by atoms with Gasteiger partial charge in [-0.1, -0.05) is 25.5 Å². The van der Waals surface area contributed by atoms with E-state index in [1.54, 1.807) is 0 Å². The summed E-state index contributed by atoms with van der Waals surface area (Å²) >= 11 is 0. The Morgan fingerprint density at radius 3 is 2.90 bits per heavy atom. The fourth-order valence-corrected chi connectivity index (χ4v) is 0.481. The first-order chi connectivity index (χ1) is 4.91. The van der Waals surface area contributed by atoms with Crippen molar-refractivity contribution < 1.29 is 0 Å². The second-order valence-corrected chi connectivity index (χ2v) is 2.03. The zero-order chi connectivity index (χ0) is 7.66. The maximum absolute atomic E-state index is 3.97. The van der Waals surface area contributed by atoms with Gasteiger partial charge >= 0.3 is 0 Å². The fourth-order valence-electron chi connectivity index (χ4n) is 0.481. The third-order valence-corrected chi connectivity index (χ3v) is 1.05. The molecule has 0 heterocycles. The van der Waals surface area contributed by atoms with E-state index in [0.717, 1.165) is 19.4 Å². The van der Waals surface area contributed by atoms with E-state index >= 15 is 0 Å². The summed E-state index contributed by atoms with van der Waals surface area (Å²) in [5.74, 6) is 0. The van der Waals surface area contributed by atoms with Crippen LogP contribution < -0.4 is 5.43 Å². The van der Waals surface area contributed by atoms with Gasteiger partial charge in [-0.05, 0) is 13.3 Å². The van der Waals surface area contributed by atoms with Crippen molar-refractivity contribution in [3.63, 3.8) is 0 Å². The van der Waals surface area contributed by atoms with E-state index in [4.69, 9.17) is 0 Å². The lowest BCUT2D eigenvalue weighted by molar-refractivity contribution is 0.821. The molecule has 10 heavy (non-hydrogen) atoms. The lowest BCUT2D eigenvalue weighted by atomic mass is 10.4. The maximum Gasteiger partial charge on any atom is 0.0510 e. The van der Waals surface area contributed by atoms with Gasteiger partial charge < -0.3 is 5.43 Å². The third-order valence-electron chi connectivity index (χ3n) is 1.05. The minimum Gasteiger partial charge on any atom is -0.307 e. The number of rotatable bonds is 5. The van der Waals surface area contributed by atoms with Gasteiger partial charge in [0.1, 0.15) is 0 Å². The monoisotopic (exact) mass is 140 g/mol. The molecule has 0 aromatic heterocycles. The van der Waals surface area contributed by atoms with Gasteiger partial charge in [-0.15, -0.1) is 0 Å². The molecule has 0 aliphatic heterocycles. The first-order valence-electron chi connectivity index (χ1n) is 3.77. The van der Waals surface area contributed by atoms with Crippen LogP contribution in [0, 0.1) is 0 Å². The summed E-state index contributed by atoms with van der Waals surface area (Å²) in [4.78, 5) is 0. The molecule has 0 aromatic carbocycles. The zero-order valence-electron chi connectivity index (χ0n) is 6.80.